The second-order valence-electron chi connectivity index (χ2n) is 2.83. The molecule has 19 heavy (non-hydrogen) atoms. The lowest BCUT2D eigenvalue weighted by molar-refractivity contribution is -0.393. The van der Waals surface area contributed by atoms with E-state index >= 15 is 0 Å². The Labute approximate surface area is 121 Å². The predicted molar refractivity (Wildman–Crippen MR) is 63.3 cm³/mol. The fourth-order valence-corrected chi connectivity index (χ4v) is 2.84. The van der Waals surface area contributed by atoms with Crippen molar-refractivity contribution in [1.29, 1.82) is 0 Å². The number of alkyl halides is 3. The van der Waals surface area contributed by atoms with Crippen molar-refractivity contribution >= 4 is 48.1 Å². The maximum absolute atomic E-state index is 12.2. The number of rotatable bonds is 3. The smallest absolute Gasteiger partial charge is 0.403 e. The number of ether oxygens (including phenoxy) is 1. The van der Waals surface area contributed by atoms with Crippen LogP contribution in [0.2, 0.25) is 0 Å². The standard InChI is InChI=1S/C6HClF3IN2O5S/c7-19(16,17)4-3(18-6(8,9)10)2(11)1-12-5(4)13(14)15/h1H. The van der Waals surface area contributed by atoms with Gasteiger partial charge in [-0.2, -0.15) is 0 Å². The van der Waals surface area contributed by atoms with Crippen LogP contribution in [0.25, 0.3) is 0 Å². The first-order valence-corrected chi connectivity index (χ1v) is 7.35. The summed E-state index contributed by atoms with van der Waals surface area (Å²) in [7, 11) is 0.0251. The number of pyridine rings is 1. The summed E-state index contributed by atoms with van der Waals surface area (Å²) in [4.78, 5) is 11.0. The van der Waals surface area contributed by atoms with Crippen molar-refractivity contribution in [1.82, 2.24) is 4.98 Å². The molecule has 0 saturated carbocycles. The number of halogens is 5. The van der Waals surface area contributed by atoms with Crippen LogP contribution in [0, 0.1) is 13.7 Å². The van der Waals surface area contributed by atoms with Gasteiger partial charge in [0, 0.05) is 10.7 Å². The van der Waals surface area contributed by atoms with Crippen molar-refractivity contribution < 1.29 is 31.2 Å². The Morgan fingerprint density at radius 2 is 2.00 bits per heavy atom. The first-order chi connectivity index (χ1) is 8.43. The van der Waals surface area contributed by atoms with E-state index in [-0.39, 0.29) is 0 Å². The molecule has 0 aliphatic rings. The zero-order valence-electron chi connectivity index (χ0n) is 8.31. The minimum absolute atomic E-state index is 0.403. The highest BCUT2D eigenvalue weighted by atomic mass is 127. The number of nitro groups is 1. The first-order valence-electron chi connectivity index (χ1n) is 3.97. The summed E-state index contributed by atoms with van der Waals surface area (Å²) >= 11 is 1.27. The normalized spacial score (nSPS) is 12.3. The Kier molecular flexibility index (Phi) is 4.46. The van der Waals surface area contributed by atoms with E-state index < -0.39 is 40.4 Å². The SMILES string of the molecule is O=[N+]([O-])c1ncc(I)c(OC(F)(F)F)c1S(=O)(=O)Cl. The van der Waals surface area contributed by atoms with Gasteiger partial charge in [0.05, 0.1) is 0 Å². The molecule has 0 atom stereocenters. The molecule has 0 aromatic carbocycles. The first kappa shape index (κ1) is 16.2. The van der Waals surface area contributed by atoms with Crippen LogP contribution in [0.4, 0.5) is 19.0 Å². The summed E-state index contributed by atoms with van der Waals surface area (Å²) in [6, 6.07) is 0. The van der Waals surface area contributed by atoms with E-state index in [1.54, 1.807) is 0 Å². The number of hydrogen-bond acceptors (Lipinski definition) is 6. The van der Waals surface area contributed by atoms with Crippen molar-refractivity contribution in [2.45, 2.75) is 11.3 Å². The number of hydrogen-bond donors (Lipinski definition) is 0. The molecule has 106 valence electrons. The van der Waals surface area contributed by atoms with Gasteiger partial charge in [0.2, 0.25) is 4.90 Å². The molecule has 0 bridgehead atoms. The molecule has 0 spiro atoms. The van der Waals surface area contributed by atoms with Gasteiger partial charge < -0.3 is 14.9 Å². The maximum atomic E-state index is 12.2. The zero-order valence-corrected chi connectivity index (χ0v) is 12.0. The van der Waals surface area contributed by atoms with E-state index in [2.05, 4.69) is 9.72 Å². The fourth-order valence-electron chi connectivity index (χ4n) is 1.01. The topological polar surface area (TPSA) is 99.4 Å². The van der Waals surface area contributed by atoms with Crippen LogP contribution in [0.1, 0.15) is 0 Å². The van der Waals surface area contributed by atoms with Gasteiger partial charge in [-0.3, -0.25) is 0 Å². The van der Waals surface area contributed by atoms with Gasteiger partial charge >= 0.3 is 12.2 Å². The average Bonchev–Trinajstić information content (AvgIpc) is 2.16. The zero-order chi connectivity index (χ0) is 15.0. The van der Waals surface area contributed by atoms with Gasteiger partial charge in [-0.1, -0.05) is 0 Å². The summed E-state index contributed by atoms with van der Waals surface area (Å²) in [6.45, 7) is 0. The molecule has 0 radical (unpaired) electrons. The van der Waals surface area contributed by atoms with E-state index in [0.717, 1.165) is 0 Å². The molecule has 1 heterocycles. The Balaban J connectivity index is 3.69. The Morgan fingerprint density at radius 1 is 1.47 bits per heavy atom. The summed E-state index contributed by atoms with van der Waals surface area (Å²) in [5.41, 5.74) is 0. The third kappa shape index (κ3) is 4.04. The lowest BCUT2D eigenvalue weighted by Gasteiger charge is -2.12. The Bertz CT molecular complexity index is 634. The fraction of sp³-hybridized carbons (Fsp3) is 0.167. The van der Waals surface area contributed by atoms with E-state index in [0.29, 0.717) is 6.20 Å². The monoisotopic (exact) mass is 432 g/mol. The van der Waals surface area contributed by atoms with Crippen molar-refractivity contribution in [3.05, 3.63) is 19.9 Å². The van der Waals surface area contributed by atoms with Crippen LogP contribution in [-0.4, -0.2) is 24.7 Å². The molecule has 0 N–H and O–H groups in total. The van der Waals surface area contributed by atoms with Gasteiger partial charge in [0.1, 0.15) is 3.57 Å². The van der Waals surface area contributed by atoms with E-state index in [4.69, 9.17) is 10.7 Å². The summed E-state index contributed by atoms with van der Waals surface area (Å²) in [5, 5.41) is 10.6. The molecule has 1 aromatic rings. The second kappa shape index (κ2) is 5.24. The Hall–Kier alpha value is -0.890. The van der Waals surface area contributed by atoms with E-state index in [1.165, 1.54) is 22.6 Å². The third-order valence-electron chi connectivity index (χ3n) is 1.56. The van der Waals surface area contributed by atoms with Gasteiger partial charge in [-0.05, 0) is 32.5 Å². The lowest BCUT2D eigenvalue weighted by Crippen LogP contribution is -2.20. The van der Waals surface area contributed by atoms with Crippen LogP contribution in [0.15, 0.2) is 11.1 Å². The molecule has 0 aliphatic heterocycles. The van der Waals surface area contributed by atoms with Crippen LogP contribution in [-0.2, 0) is 9.05 Å². The largest absolute Gasteiger partial charge is 0.573 e. The molecule has 13 heteroatoms. The Morgan fingerprint density at radius 3 is 2.37 bits per heavy atom. The van der Waals surface area contributed by atoms with Crippen LogP contribution >= 0.6 is 33.3 Å². The molecule has 1 aromatic heterocycles. The van der Waals surface area contributed by atoms with Crippen molar-refractivity contribution in [3.63, 3.8) is 0 Å². The molecule has 0 unspecified atom stereocenters. The van der Waals surface area contributed by atoms with Crippen molar-refractivity contribution in [2.24, 2.45) is 0 Å². The van der Waals surface area contributed by atoms with Gasteiger partial charge in [-0.15, -0.1) is 13.2 Å². The molecular formula is C6HClF3IN2O5S. The molecular weight excluding hydrogens is 431 g/mol. The summed E-state index contributed by atoms with van der Waals surface area (Å²) < 4.78 is 61.9. The molecule has 0 aliphatic carbocycles. The highest BCUT2D eigenvalue weighted by molar-refractivity contribution is 14.1. The van der Waals surface area contributed by atoms with E-state index in [1.807, 2.05) is 0 Å². The lowest BCUT2D eigenvalue weighted by atomic mass is 10.4. The van der Waals surface area contributed by atoms with Gasteiger partial charge in [0.25, 0.3) is 9.05 Å². The van der Waals surface area contributed by atoms with Crippen LogP contribution in [0.5, 0.6) is 5.75 Å². The quantitative estimate of drug-likeness (QED) is 0.315. The second-order valence-corrected chi connectivity index (χ2v) is 6.50. The molecule has 7 nitrogen and oxygen atoms in total. The average molecular weight is 433 g/mol. The number of aromatic nitrogens is 1. The van der Waals surface area contributed by atoms with Crippen molar-refractivity contribution in [2.75, 3.05) is 0 Å². The molecule has 0 amide bonds. The van der Waals surface area contributed by atoms with Gasteiger partial charge in [0.15, 0.2) is 11.9 Å². The van der Waals surface area contributed by atoms with E-state index in [9.17, 15) is 31.7 Å². The van der Waals surface area contributed by atoms with Crippen LogP contribution < -0.4 is 4.74 Å². The van der Waals surface area contributed by atoms with Crippen molar-refractivity contribution in [3.8, 4) is 5.75 Å². The highest BCUT2D eigenvalue weighted by Crippen LogP contribution is 2.39. The summed E-state index contributed by atoms with van der Waals surface area (Å²) in [6.07, 6.45) is -4.59. The van der Waals surface area contributed by atoms with Crippen LogP contribution in [0.3, 0.4) is 0 Å². The molecule has 0 fully saturated rings. The van der Waals surface area contributed by atoms with Gasteiger partial charge in [-0.25, -0.2) is 8.42 Å². The molecule has 0 saturated heterocycles. The maximum Gasteiger partial charge on any atom is 0.573 e. The molecule has 1 rings (SSSR count). The highest BCUT2D eigenvalue weighted by Gasteiger charge is 2.40. The third-order valence-corrected chi connectivity index (χ3v) is 3.65. The predicted octanol–water partition coefficient (Wildman–Crippen LogP) is 2.42. The minimum Gasteiger partial charge on any atom is -0.403 e. The minimum atomic E-state index is -5.24. The number of nitrogens with zero attached hydrogens (tertiary/aromatic N) is 2. The summed E-state index contributed by atoms with van der Waals surface area (Å²) in [5.74, 6) is -2.64.